The average molecular weight is 345 g/mol. The number of benzene rings is 1. The molecule has 2 aliphatic rings. The van der Waals surface area contributed by atoms with Crippen molar-refractivity contribution in [2.75, 3.05) is 24.6 Å². The van der Waals surface area contributed by atoms with Crippen LogP contribution in [0.1, 0.15) is 30.9 Å². The molecule has 25 heavy (non-hydrogen) atoms. The van der Waals surface area contributed by atoms with Gasteiger partial charge in [0.25, 0.3) is 5.56 Å². The summed E-state index contributed by atoms with van der Waals surface area (Å²) in [6.45, 7) is 3.12. The van der Waals surface area contributed by atoms with Crippen LogP contribution in [0.25, 0.3) is 10.9 Å². The van der Waals surface area contributed by atoms with Gasteiger partial charge in [0, 0.05) is 30.7 Å². The fourth-order valence-corrected chi connectivity index (χ4v) is 3.95. The number of aromatic nitrogens is 2. The van der Waals surface area contributed by atoms with E-state index >= 15 is 0 Å². The quantitative estimate of drug-likeness (QED) is 0.753. The Morgan fingerprint density at radius 3 is 2.68 bits per heavy atom. The van der Waals surface area contributed by atoms with Gasteiger partial charge in [-0.2, -0.15) is 0 Å². The molecule has 1 saturated heterocycles. The highest BCUT2D eigenvalue weighted by atomic mass is 16.3. The van der Waals surface area contributed by atoms with Gasteiger partial charge in [0.05, 0.1) is 23.6 Å². The SMILES string of the molecule is Cc1c(N2CCC(O)C(CO)C2)ccc2c(=O)[nH]c(=O)n(C3CC3)c12. The van der Waals surface area contributed by atoms with E-state index in [0.29, 0.717) is 30.4 Å². The molecule has 7 nitrogen and oxygen atoms in total. The normalized spacial score (nSPS) is 24.0. The van der Waals surface area contributed by atoms with Crippen molar-refractivity contribution >= 4 is 16.6 Å². The van der Waals surface area contributed by atoms with Crippen molar-refractivity contribution in [1.82, 2.24) is 9.55 Å². The number of H-pyrrole nitrogens is 1. The lowest BCUT2D eigenvalue weighted by Gasteiger charge is -2.37. The number of anilines is 1. The van der Waals surface area contributed by atoms with Crippen molar-refractivity contribution in [3.63, 3.8) is 0 Å². The summed E-state index contributed by atoms with van der Waals surface area (Å²) in [5.74, 6) is -0.186. The van der Waals surface area contributed by atoms with Gasteiger partial charge in [0.15, 0.2) is 0 Å². The Morgan fingerprint density at radius 2 is 2.00 bits per heavy atom. The van der Waals surface area contributed by atoms with Gasteiger partial charge in [-0.05, 0) is 43.9 Å². The zero-order valence-corrected chi connectivity index (χ0v) is 14.2. The van der Waals surface area contributed by atoms with Gasteiger partial charge in [-0.1, -0.05) is 0 Å². The monoisotopic (exact) mass is 345 g/mol. The number of rotatable bonds is 3. The summed E-state index contributed by atoms with van der Waals surface area (Å²) < 4.78 is 1.72. The van der Waals surface area contributed by atoms with Crippen molar-refractivity contribution in [2.24, 2.45) is 5.92 Å². The van der Waals surface area contributed by atoms with E-state index in [1.54, 1.807) is 10.6 Å². The summed E-state index contributed by atoms with van der Waals surface area (Å²) in [4.78, 5) is 29.1. The fraction of sp³-hybridized carbons (Fsp3) is 0.556. The van der Waals surface area contributed by atoms with Crippen molar-refractivity contribution in [2.45, 2.75) is 38.3 Å². The Balaban J connectivity index is 1.87. The molecule has 1 saturated carbocycles. The number of piperidine rings is 1. The maximum atomic E-state index is 12.3. The van der Waals surface area contributed by atoms with Gasteiger partial charge in [0.2, 0.25) is 0 Å². The van der Waals surface area contributed by atoms with E-state index in [1.807, 2.05) is 13.0 Å². The lowest BCUT2D eigenvalue weighted by Crippen LogP contribution is -2.45. The number of nitrogens with one attached hydrogen (secondary N) is 1. The van der Waals surface area contributed by atoms with Crippen molar-refractivity contribution in [3.05, 3.63) is 38.5 Å². The minimum atomic E-state index is -0.491. The molecule has 0 amide bonds. The van der Waals surface area contributed by atoms with Crippen LogP contribution in [0.15, 0.2) is 21.7 Å². The first kappa shape index (κ1) is 16.4. The van der Waals surface area contributed by atoms with E-state index in [-0.39, 0.29) is 29.8 Å². The van der Waals surface area contributed by atoms with Crippen molar-refractivity contribution in [3.8, 4) is 0 Å². The van der Waals surface area contributed by atoms with Crippen LogP contribution >= 0.6 is 0 Å². The van der Waals surface area contributed by atoms with E-state index < -0.39 is 6.10 Å². The molecule has 0 bridgehead atoms. The van der Waals surface area contributed by atoms with Crippen LogP contribution in [-0.4, -0.2) is 45.6 Å². The Labute approximate surface area is 144 Å². The predicted molar refractivity (Wildman–Crippen MR) is 95.2 cm³/mol. The highest BCUT2D eigenvalue weighted by molar-refractivity contribution is 5.86. The zero-order valence-electron chi connectivity index (χ0n) is 14.2. The molecule has 2 atom stereocenters. The number of nitrogens with zero attached hydrogens (tertiary/aromatic N) is 2. The topological polar surface area (TPSA) is 98.6 Å². The molecule has 0 spiro atoms. The first-order valence-electron chi connectivity index (χ1n) is 8.83. The largest absolute Gasteiger partial charge is 0.396 e. The van der Waals surface area contributed by atoms with Gasteiger partial charge in [-0.25, -0.2) is 4.79 Å². The molecule has 1 aliphatic heterocycles. The van der Waals surface area contributed by atoms with Gasteiger partial charge in [-0.15, -0.1) is 0 Å². The molecule has 1 aromatic heterocycles. The third-order valence-electron chi connectivity index (χ3n) is 5.51. The van der Waals surface area contributed by atoms with Gasteiger partial charge in [-0.3, -0.25) is 14.3 Å². The van der Waals surface area contributed by atoms with Gasteiger partial charge < -0.3 is 15.1 Å². The smallest absolute Gasteiger partial charge is 0.329 e. The highest BCUT2D eigenvalue weighted by Gasteiger charge is 2.31. The lowest BCUT2D eigenvalue weighted by molar-refractivity contribution is 0.0525. The maximum Gasteiger partial charge on any atom is 0.329 e. The van der Waals surface area contributed by atoms with Gasteiger partial charge in [0.1, 0.15) is 0 Å². The van der Waals surface area contributed by atoms with Crippen LogP contribution < -0.4 is 16.1 Å². The fourth-order valence-electron chi connectivity index (χ4n) is 3.95. The molecule has 2 unspecified atom stereocenters. The van der Waals surface area contributed by atoms with E-state index in [9.17, 15) is 19.8 Å². The third kappa shape index (κ3) is 2.67. The number of aryl methyl sites for hydroxylation is 1. The summed E-state index contributed by atoms with van der Waals surface area (Å²) in [6, 6.07) is 3.84. The van der Waals surface area contributed by atoms with Crippen LogP contribution in [-0.2, 0) is 0 Å². The minimum Gasteiger partial charge on any atom is -0.396 e. The molecular weight excluding hydrogens is 322 g/mol. The standard InChI is InChI=1S/C18H23N3O4/c1-10-14(20-7-6-15(23)11(8-20)9-22)5-4-13-16(10)21(12-2-3-12)18(25)19-17(13)24/h4-5,11-12,15,22-23H,2-3,6-9H2,1H3,(H,19,24,25). The number of aliphatic hydroxyl groups is 2. The molecular formula is C18H23N3O4. The Morgan fingerprint density at radius 1 is 1.24 bits per heavy atom. The number of hydrogen-bond donors (Lipinski definition) is 3. The molecule has 2 heterocycles. The number of fused-ring (bicyclic) bond motifs is 1. The highest BCUT2D eigenvalue weighted by Crippen LogP contribution is 2.37. The number of aromatic amines is 1. The van der Waals surface area contributed by atoms with Crippen LogP contribution in [0.4, 0.5) is 5.69 Å². The minimum absolute atomic E-state index is 0.0588. The van der Waals surface area contributed by atoms with Gasteiger partial charge >= 0.3 is 5.69 Å². The Bertz CT molecular complexity index is 928. The molecule has 134 valence electrons. The van der Waals surface area contributed by atoms with E-state index in [0.717, 1.165) is 24.1 Å². The van der Waals surface area contributed by atoms with Crippen LogP contribution in [0, 0.1) is 12.8 Å². The summed E-state index contributed by atoms with van der Waals surface area (Å²) in [5.41, 5.74) is 1.87. The van der Waals surface area contributed by atoms with Crippen LogP contribution in [0.3, 0.4) is 0 Å². The zero-order chi connectivity index (χ0) is 17.7. The molecule has 1 aliphatic carbocycles. The van der Waals surface area contributed by atoms with E-state index in [1.165, 1.54) is 0 Å². The van der Waals surface area contributed by atoms with E-state index in [2.05, 4.69) is 9.88 Å². The summed E-state index contributed by atoms with van der Waals surface area (Å²) in [6.07, 6.45) is 2.00. The van der Waals surface area contributed by atoms with Crippen LogP contribution in [0.5, 0.6) is 0 Å². The van der Waals surface area contributed by atoms with E-state index in [4.69, 9.17) is 0 Å². The Kier molecular flexibility index (Phi) is 3.92. The first-order chi connectivity index (χ1) is 12.0. The average Bonchev–Trinajstić information content (AvgIpc) is 3.41. The molecule has 3 N–H and O–H groups in total. The maximum absolute atomic E-state index is 12.3. The lowest BCUT2D eigenvalue weighted by atomic mass is 9.94. The summed E-state index contributed by atoms with van der Waals surface area (Å²) in [7, 11) is 0. The third-order valence-corrected chi connectivity index (χ3v) is 5.51. The number of aliphatic hydroxyl groups excluding tert-OH is 2. The predicted octanol–water partition coefficient (Wildman–Crippen LogP) is 0.513. The molecule has 2 fully saturated rings. The molecule has 2 aromatic rings. The molecule has 4 rings (SSSR count). The van der Waals surface area contributed by atoms with Crippen LogP contribution in [0.2, 0.25) is 0 Å². The molecule has 0 radical (unpaired) electrons. The molecule has 7 heteroatoms. The van der Waals surface area contributed by atoms with Crippen molar-refractivity contribution in [1.29, 1.82) is 0 Å². The second-order valence-electron chi connectivity index (χ2n) is 7.21. The molecule has 1 aromatic carbocycles. The number of hydrogen-bond acceptors (Lipinski definition) is 5. The Hall–Kier alpha value is -2.12. The summed E-state index contributed by atoms with van der Waals surface area (Å²) in [5, 5.41) is 20.0. The first-order valence-corrected chi connectivity index (χ1v) is 8.83. The van der Waals surface area contributed by atoms with Crippen molar-refractivity contribution < 1.29 is 10.2 Å². The summed E-state index contributed by atoms with van der Waals surface area (Å²) >= 11 is 0. The second kappa shape index (κ2) is 6.00. The second-order valence-corrected chi connectivity index (χ2v) is 7.21.